The summed E-state index contributed by atoms with van der Waals surface area (Å²) in [7, 11) is 1.55. The molecular formula is C22H19ClN4O2. The number of hydrogen-bond donors (Lipinski definition) is 1. The summed E-state index contributed by atoms with van der Waals surface area (Å²) in [6.07, 6.45) is 1.99. The largest absolute Gasteiger partial charge is 0.495 e. The Morgan fingerprint density at radius 3 is 2.72 bits per heavy atom. The van der Waals surface area contributed by atoms with Gasteiger partial charge in [0.15, 0.2) is 5.65 Å². The van der Waals surface area contributed by atoms with E-state index in [1.807, 2.05) is 47.9 Å². The van der Waals surface area contributed by atoms with E-state index in [2.05, 4.69) is 15.3 Å². The molecule has 4 rings (SSSR count). The van der Waals surface area contributed by atoms with E-state index in [1.54, 1.807) is 31.5 Å². The molecule has 0 fully saturated rings. The van der Waals surface area contributed by atoms with Crippen molar-refractivity contribution < 1.29 is 9.53 Å². The highest BCUT2D eigenvalue weighted by Crippen LogP contribution is 2.28. The Morgan fingerprint density at radius 1 is 1.17 bits per heavy atom. The molecule has 2 heterocycles. The highest BCUT2D eigenvalue weighted by atomic mass is 35.5. The van der Waals surface area contributed by atoms with Crippen LogP contribution in [0, 0.1) is 6.92 Å². The molecule has 0 aliphatic rings. The Kier molecular flexibility index (Phi) is 5.18. The first-order valence-electron chi connectivity index (χ1n) is 9.08. The van der Waals surface area contributed by atoms with Gasteiger partial charge in [-0.1, -0.05) is 23.7 Å². The highest BCUT2D eigenvalue weighted by molar-refractivity contribution is 6.31. The van der Waals surface area contributed by atoms with Crippen LogP contribution in [0.15, 0.2) is 60.8 Å². The van der Waals surface area contributed by atoms with Crippen molar-refractivity contribution in [3.63, 3.8) is 0 Å². The minimum Gasteiger partial charge on any atom is -0.495 e. The fourth-order valence-electron chi connectivity index (χ4n) is 3.26. The van der Waals surface area contributed by atoms with Gasteiger partial charge in [-0.2, -0.15) is 0 Å². The second-order valence-electron chi connectivity index (χ2n) is 6.58. The first-order valence-corrected chi connectivity index (χ1v) is 9.46. The zero-order chi connectivity index (χ0) is 20.4. The van der Waals surface area contributed by atoms with Gasteiger partial charge < -0.3 is 10.1 Å². The fraction of sp³-hybridized carbons (Fsp3) is 0.136. The molecule has 0 atom stereocenters. The molecule has 6 nitrogen and oxygen atoms in total. The Bertz CT molecular complexity index is 1190. The first-order chi connectivity index (χ1) is 14.0. The number of carbonyl (C=O) groups excluding carboxylic acids is 1. The van der Waals surface area contributed by atoms with Gasteiger partial charge in [0, 0.05) is 16.9 Å². The fourth-order valence-corrected chi connectivity index (χ4v) is 3.43. The number of ether oxygens (including phenoxy) is 1. The SMILES string of the molecule is COc1ccc(Cl)cc1NC(=O)Cc1ccc(-n2c(C)nc3cccnc32)cc1. The van der Waals surface area contributed by atoms with Gasteiger partial charge in [0.05, 0.1) is 19.2 Å². The molecule has 2 aromatic carbocycles. The van der Waals surface area contributed by atoms with E-state index in [0.29, 0.717) is 16.5 Å². The van der Waals surface area contributed by atoms with E-state index in [4.69, 9.17) is 16.3 Å². The van der Waals surface area contributed by atoms with E-state index in [9.17, 15) is 4.79 Å². The van der Waals surface area contributed by atoms with Gasteiger partial charge in [-0.3, -0.25) is 9.36 Å². The maximum absolute atomic E-state index is 12.5. The number of aryl methyl sites for hydroxylation is 1. The zero-order valence-corrected chi connectivity index (χ0v) is 16.8. The molecule has 0 radical (unpaired) electrons. The van der Waals surface area contributed by atoms with Crippen molar-refractivity contribution in [2.24, 2.45) is 0 Å². The number of anilines is 1. The summed E-state index contributed by atoms with van der Waals surface area (Å²) in [5.74, 6) is 1.27. The number of pyridine rings is 1. The van der Waals surface area contributed by atoms with Gasteiger partial charge >= 0.3 is 0 Å². The second kappa shape index (κ2) is 7.93. The molecule has 0 unspecified atom stereocenters. The maximum Gasteiger partial charge on any atom is 0.228 e. The molecule has 146 valence electrons. The summed E-state index contributed by atoms with van der Waals surface area (Å²) in [5, 5.41) is 3.38. The Balaban J connectivity index is 1.52. The summed E-state index contributed by atoms with van der Waals surface area (Å²) < 4.78 is 7.26. The van der Waals surface area contributed by atoms with Crippen LogP contribution in [0.4, 0.5) is 5.69 Å². The molecule has 0 aliphatic heterocycles. The second-order valence-corrected chi connectivity index (χ2v) is 7.01. The lowest BCUT2D eigenvalue weighted by Gasteiger charge is -2.11. The van der Waals surface area contributed by atoms with Crippen LogP contribution in [0.1, 0.15) is 11.4 Å². The van der Waals surface area contributed by atoms with Crippen LogP contribution in [0.25, 0.3) is 16.9 Å². The molecule has 0 saturated carbocycles. The van der Waals surface area contributed by atoms with E-state index in [0.717, 1.165) is 28.2 Å². The predicted octanol–water partition coefficient (Wildman–Crippen LogP) is 4.57. The number of fused-ring (bicyclic) bond motifs is 1. The van der Waals surface area contributed by atoms with Gasteiger partial charge in [0.25, 0.3) is 0 Å². The molecule has 2 aromatic heterocycles. The molecule has 1 N–H and O–H groups in total. The highest BCUT2D eigenvalue weighted by Gasteiger charge is 2.12. The molecule has 29 heavy (non-hydrogen) atoms. The molecule has 0 aliphatic carbocycles. The zero-order valence-electron chi connectivity index (χ0n) is 16.0. The number of nitrogens with one attached hydrogen (secondary N) is 1. The van der Waals surface area contributed by atoms with Crippen molar-refractivity contribution in [3.8, 4) is 11.4 Å². The number of hydrogen-bond acceptors (Lipinski definition) is 4. The standard InChI is InChI=1S/C22H19ClN4O2/c1-14-25-18-4-3-11-24-22(18)27(14)17-8-5-15(6-9-17)12-21(28)26-19-13-16(23)7-10-20(19)29-2/h3-11,13H,12H2,1-2H3,(H,26,28). The van der Waals surface area contributed by atoms with Crippen molar-refractivity contribution in [2.75, 3.05) is 12.4 Å². The summed E-state index contributed by atoms with van der Waals surface area (Å²) in [4.78, 5) is 21.4. The number of halogens is 1. The quantitative estimate of drug-likeness (QED) is 0.527. The molecular weight excluding hydrogens is 388 g/mol. The van der Waals surface area contributed by atoms with Crippen LogP contribution in [0.5, 0.6) is 5.75 Å². The number of nitrogens with zero attached hydrogens (tertiary/aromatic N) is 3. The number of imidazole rings is 1. The third-order valence-corrected chi connectivity index (χ3v) is 4.81. The lowest BCUT2D eigenvalue weighted by molar-refractivity contribution is -0.115. The smallest absolute Gasteiger partial charge is 0.228 e. The van der Waals surface area contributed by atoms with Crippen molar-refractivity contribution >= 4 is 34.4 Å². The number of rotatable bonds is 5. The van der Waals surface area contributed by atoms with Crippen LogP contribution in [-0.2, 0) is 11.2 Å². The van der Waals surface area contributed by atoms with Gasteiger partial charge in [0.1, 0.15) is 17.1 Å². The van der Waals surface area contributed by atoms with Crippen LogP contribution in [0.2, 0.25) is 5.02 Å². The monoisotopic (exact) mass is 406 g/mol. The van der Waals surface area contributed by atoms with E-state index in [-0.39, 0.29) is 12.3 Å². The molecule has 0 bridgehead atoms. The Morgan fingerprint density at radius 2 is 1.97 bits per heavy atom. The van der Waals surface area contributed by atoms with Crippen LogP contribution in [0.3, 0.4) is 0 Å². The van der Waals surface area contributed by atoms with Gasteiger partial charge in [-0.15, -0.1) is 0 Å². The Hall–Kier alpha value is -3.38. The maximum atomic E-state index is 12.5. The third kappa shape index (κ3) is 3.93. The van der Waals surface area contributed by atoms with Crippen molar-refractivity contribution in [2.45, 2.75) is 13.3 Å². The predicted molar refractivity (Wildman–Crippen MR) is 114 cm³/mol. The lowest BCUT2D eigenvalue weighted by atomic mass is 10.1. The van der Waals surface area contributed by atoms with Gasteiger partial charge in [0.2, 0.25) is 5.91 Å². The number of carbonyl (C=O) groups is 1. The van der Waals surface area contributed by atoms with Crippen molar-refractivity contribution in [1.82, 2.24) is 14.5 Å². The minimum atomic E-state index is -0.149. The van der Waals surface area contributed by atoms with Crippen molar-refractivity contribution in [3.05, 3.63) is 77.2 Å². The van der Waals surface area contributed by atoms with Crippen molar-refractivity contribution in [1.29, 1.82) is 0 Å². The molecule has 0 saturated heterocycles. The number of aromatic nitrogens is 3. The van der Waals surface area contributed by atoms with Crippen LogP contribution >= 0.6 is 11.6 Å². The van der Waals surface area contributed by atoms with E-state index < -0.39 is 0 Å². The number of amides is 1. The van der Waals surface area contributed by atoms with Crippen LogP contribution < -0.4 is 10.1 Å². The van der Waals surface area contributed by atoms with Crippen LogP contribution in [-0.4, -0.2) is 27.6 Å². The summed E-state index contributed by atoms with van der Waals surface area (Å²) in [6.45, 7) is 1.95. The topological polar surface area (TPSA) is 69.0 Å². The first kappa shape index (κ1) is 19.0. The molecule has 7 heteroatoms. The molecule has 0 spiro atoms. The third-order valence-electron chi connectivity index (χ3n) is 4.58. The summed E-state index contributed by atoms with van der Waals surface area (Å²) >= 11 is 6.02. The summed E-state index contributed by atoms with van der Waals surface area (Å²) in [6, 6.07) is 16.7. The molecule has 4 aromatic rings. The summed E-state index contributed by atoms with van der Waals surface area (Å²) in [5.41, 5.74) is 4.05. The number of benzene rings is 2. The normalized spacial score (nSPS) is 10.9. The number of methoxy groups -OCH3 is 1. The average Bonchev–Trinajstić information content (AvgIpc) is 3.04. The molecule has 1 amide bonds. The van der Waals surface area contributed by atoms with E-state index >= 15 is 0 Å². The minimum absolute atomic E-state index is 0.149. The van der Waals surface area contributed by atoms with Gasteiger partial charge in [-0.25, -0.2) is 9.97 Å². The Labute approximate surface area is 173 Å². The van der Waals surface area contributed by atoms with Gasteiger partial charge in [-0.05, 0) is 55.0 Å². The lowest BCUT2D eigenvalue weighted by Crippen LogP contribution is -2.15. The average molecular weight is 407 g/mol. The van der Waals surface area contributed by atoms with E-state index in [1.165, 1.54) is 0 Å².